The van der Waals surface area contributed by atoms with E-state index >= 15 is 0 Å². The van der Waals surface area contributed by atoms with Crippen LogP contribution < -0.4 is 5.32 Å². The number of azide groups is 1. The van der Waals surface area contributed by atoms with Gasteiger partial charge in [-0.15, -0.1) is 0 Å². The van der Waals surface area contributed by atoms with E-state index in [1.807, 2.05) is 0 Å². The summed E-state index contributed by atoms with van der Waals surface area (Å²) in [5.74, 6) is 0. The van der Waals surface area contributed by atoms with E-state index in [1.54, 1.807) is 0 Å². The van der Waals surface area contributed by atoms with Crippen molar-refractivity contribution in [1.82, 2.24) is 10.2 Å². The average Bonchev–Trinajstić information content (AvgIpc) is 2.68. The molecule has 0 spiro atoms. The third-order valence-electron chi connectivity index (χ3n) is 3.65. The molecule has 0 aromatic carbocycles. The van der Waals surface area contributed by atoms with Crippen LogP contribution in [0.4, 0.5) is 0 Å². The molecule has 1 aliphatic heterocycles. The Labute approximate surface area is 155 Å². The number of hydrogen-bond acceptors (Lipinski definition) is 8. The molecule has 0 saturated carbocycles. The number of ether oxygens (including phenoxy) is 5. The van der Waals surface area contributed by atoms with Crippen LogP contribution in [0.2, 0.25) is 0 Å². The fourth-order valence-electron chi connectivity index (χ4n) is 2.26. The number of rotatable bonds is 18. The van der Waals surface area contributed by atoms with Gasteiger partial charge in [0.05, 0.1) is 66.1 Å². The highest BCUT2D eigenvalue weighted by Gasteiger charge is 2.08. The van der Waals surface area contributed by atoms with Gasteiger partial charge in [0.15, 0.2) is 0 Å². The van der Waals surface area contributed by atoms with Crippen molar-refractivity contribution < 1.29 is 23.7 Å². The van der Waals surface area contributed by atoms with Gasteiger partial charge >= 0.3 is 0 Å². The van der Waals surface area contributed by atoms with Crippen molar-refractivity contribution in [3.8, 4) is 0 Å². The zero-order chi connectivity index (χ0) is 18.5. The maximum absolute atomic E-state index is 8.08. The Hall–Kier alpha value is -0.970. The molecule has 26 heavy (non-hydrogen) atoms. The summed E-state index contributed by atoms with van der Waals surface area (Å²) in [5.41, 5.74) is 8.08. The van der Waals surface area contributed by atoms with Crippen LogP contribution in [0.1, 0.15) is 0 Å². The van der Waals surface area contributed by atoms with E-state index < -0.39 is 0 Å². The van der Waals surface area contributed by atoms with E-state index in [-0.39, 0.29) is 0 Å². The molecule has 0 bridgehead atoms. The first kappa shape index (κ1) is 23.1. The van der Waals surface area contributed by atoms with Crippen molar-refractivity contribution in [3.05, 3.63) is 10.4 Å². The van der Waals surface area contributed by atoms with E-state index in [4.69, 9.17) is 29.2 Å². The minimum absolute atomic E-state index is 0.348. The zero-order valence-electron chi connectivity index (χ0n) is 15.6. The summed E-state index contributed by atoms with van der Waals surface area (Å²) < 4.78 is 27.0. The predicted octanol–water partition coefficient (Wildman–Crippen LogP) is 0.285. The Balaban J connectivity index is 1.66. The topological polar surface area (TPSA) is 110 Å². The largest absolute Gasteiger partial charge is 0.379 e. The summed E-state index contributed by atoms with van der Waals surface area (Å²) in [4.78, 5) is 5.04. The fourth-order valence-corrected chi connectivity index (χ4v) is 2.26. The van der Waals surface area contributed by atoms with Crippen molar-refractivity contribution >= 4 is 0 Å². The van der Waals surface area contributed by atoms with E-state index in [2.05, 4.69) is 20.2 Å². The van der Waals surface area contributed by atoms with Crippen molar-refractivity contribution in [3.63, 3.8) is 0 Å². The summed E-state index contributed by atoms with van der Waals surface area (Å²) in [7, 11) is 0. The minimum Gasteiger partial charge on any atom is -0.379 e. The smallest absolute Gasteiger partial charge is 0.0701 e. The molecule has 1 heterocycles. The van der Waals surface area contributed by atoms with Crippen LogP contribution in [0.15, 0.2) is 5.11 Å². The number of nitrogens with zero attached hydrogens (tertiary/aromatic N) is 4. The molecule has 0 unspecified atom stereocenters. The van der Waals surface area contributed by atoms with Gasteiger partial charge in [-0.3, -0.25) is 4.90 Å². The normalized spacial score (nSPS) is 15.1. The number of piperazine rings is 1. The second kappa shape index (κ2) is 18.8. The molecular formula is C16H33N5O5. The Kier molecular flexibility index (Phi) is 16.7. The lowest BCUT2D eigenvalue weighted by atomic mass is 10.4. The van der Waals surface area contributed by atoms with Crippen LogP contribution in [0.5, 0.6) is 0 Å². The van der Waals surface area contributed by atoms with Gasteiger partial charge in [0, 0.05) is 44.2 Å². The molecule has 0 aliphatic carbocycles. The second-order valence-electron chi connectivity index (χ2n) is 5.61. The standard InChI is InChI=1S/C16H33N5O5/c17-20-19-3-7-22-9-11-24-13-15-26-16-14-25-12-10-23-8-6-21-4-1-18-2-5-21/h18H,1-16H2. The Morgan fingerprint density at radius 1 is 0.731 bits per heavy atom. The molecule has 1 aliphatic rings. The first-order valence-corrected chi connectivity index (χ1v) is 9.26. The molecule has 0 aromatic rings. The molecule has 0 amide bonds. The summed E-state index contributed by atoms with van der Waals surface area (Å²) in [5, 5.41) is 6.70. The number of nitrogens with one attached hydrogen (secondary N) is 1. The second-order valence-corrected chi connectivity index (χ2v) is 5.61. The monoisotopic (exact) mass is 375 g/mol. The van der Waals surface area contributed by atoms with E-state index in [9.17, 15) is 0 Å². The van der Waals surface area contributed by atoms with Crippen LogP contribution in [0, 0.1) is 0 Å². The average molecular weight is 375 g/mol. The zero-order valence-corrected chi connectivity index (χ0v) is 15.6. The number of hydrogen-bond donors (Lipinski definition) is 1. The molecule has 152 valence electrons. The van der Waals surface area contributed by atoms with E-state index in [0.717, 1.165) is 39.3 Å². The molecule has 1 N–H and O–H groups in total. The van der Waals surface area contributed by atoms with Crippen LogP contribution in [0.3, 0.4) is 0 Å². The highest BCUT2D eigenvalue weighted by molar-refractivity contribution is 4.66. The van der Waals surface area contributed by atoms with Crippen LogP contribution in [-0.4, -0.2) is 110 Å². The van der Waals surface area contributed by atoms with Gasteiger partial charge in [-0.05, 0) is 5.53 Å². The van der Waals surface area contributed by atoms with Crippen molar-refractivity contribution in [1.29, 1.82) is 0 Å². The maximum Gasteiger partial charge on any atom is 0.0701 e. The summed E-state index contributed by atoms with van der Waals surface area (Å²) >= 11 is 0. The van der Waals surface area contributed by atoms with E-state index in [0.29, 0.717) is 66.0 Å². The van der Waals surface area contributed by atoms with Gasteiger partial charge in [-0.2, -0.15) is 0 Å². The molecule has 10 heteroatoms. The van der Waals surface area contributed by atoms with Crippen LogP contribution in [-0.2, 0) is 23.7 Å². The Morgan fingerprint density at radius 2 is 1.19 bits per heavy atom. The molecule has 0 aromatic heterocycles. The van der Waals surface area contributed by atoms with Crippen LogP contribution in [0.25, 0.3) is 10.4 Å². The molecule has 0 atom stereocenters. The minimum atomic E-state index is 0.348. The summed E-state index contributed by atoms with van der Waals surface area (Å²) in [6.07, 6.45) is 0. The predicted molar refractivity (Wildman–Crippen MR) is 97.4 cm³/mol. The highest BCUT2D eigenvalue weighted by atomic mass is 16.6. The van der Waals surface area contributed by atoms with E-state index in [1.165, 1.54) is 0 Å². The van der Waals surface area contributed by atoms with Gasteiger partial charge in [-0.25, -0.2) is 0 Å². The first-order valence-electron chi connectivity index (χ1n) is 9.26. The highest BCUT2D eigenvalue weighted by Crippen LogP contribution is 1.91. The molecule has 0 radical (unpaired) electrons. The SMILES string of the molecule is [N-]=[N+]=NCCOCCOCCOCCOCCOCCN1CCNCC1. The third kappa shape index (κ3) is 15.3. The van der Waals surface area contributed by atoms with Gasteiger partial charge < -0.3 is 29.0 Å². The quantitative estimate of drug-likeness (QED) is 0.159. The van der Waals surface area contributed by atoms with Crippen molar-refractivity contribution in [2.45, 2.75) is 0 Å². The molecule has 1 saturated heterocycles. The Morgan fingerprint density at radius 3 is 1.69 bits per heavy atom. The maximum atomic E-state index is 8.08. The third-order valence-corrected chi connectivity index (χ3v) is 3.65. The summed E-state index contributed by atoms with van der Waals surface area (Å²) in [6.45, 7) is 11.2. The first-order chi connectivity index (χ1) is 12.9. The lowest BCUT2D eigenvalue weighted by molar-refractivity contribution is -0.0119. The molecular weight excluding hydrogens is 342 g/mol. The molecule has 10 nitrogen and oxygen atoms in total. The van der Waals surface area contributed by atoms with Crippen molar-refractivity contribution in [2.24, 2.45) is 5.11 Å². The van der Waals surface area contributed by atoms with Crippen molar-refractivity contribution in [2.75, 3.05) is 105 Å². The molecule has 1 fully saturated rings. The lowest BCUT2D eigenvalue weighted by Gasteiger charge is -2.26. The summed E-state index contributed by atoms with van der Waals surface area (Å²) in [6, 6.07) is 0. The fraction of sp³-hybridized carbons (Fsp3) is 1.00. The van der Waals surface area contributed by atoms with Gasteiger partial charge in [0.1, 0.15) is 0 Å². The van der Waals surface area contributed by atoms with Gasteiger partial charge in [-0.1, -0.05) is 5.11 Å². The Bertz CT molecular complexity index is 352. The van der Waals surface area contributed by atoms with Gasteiger partial charge in [0.2, 0.25) is 0 Å². The van der Waals surface area contributed by atoms with Gasteiger partial charge in [0.25, 0.3) is 0 Å². The molecule has 1 rings (SSSR count). The van der Waals surface area contributed by atoms with Crippen LogP contribution >= 0.6 is 0 Å². The lowest BCUT2D eigenvalue weighted by Crippen LogP contribution is -2.44.